The van der Waals surface area contributed by atoms with Gasteiger partial charge >= 0.3 is 0 Å². The highest BCUT2D eigenvalue weighted by atomic mass is 16.5. The third-order valence-electron chi connectivity index (χ3n) is 8.39. The standard InChI is InChI=1S/C29H37N9O2/c1-17(2)19-6-7-23(38-14-22(18(38)3)28-35-32-16-36(28)4)21-13-31-27(12-20(19)21)33-26-8-10-30-29(34-26)37-11-9-25(40-5)24(39)15-37/h6-8,10,12-13,16-18,22,24-25,39H,9,11,14-15H2,1-5H3,(H,30,31,33,34)/t18-,22+,24-,25-/m1/s1. The number of fused-ring (bicyclic) bond motifs is 1. The lowest BCUT2D eigenvalue weighted by atomic mass is 9.86. The number of pyridine rings is 1. The summed E-state index contributed by atoms with van der Waals surface area (Å²) in [4.78, 5) is 18.4. The Hall–Kier alpha value is -3.83. The molecule has 11 heteroatoms. The number of methoxy groups -OCH3 is 1. The summed E-state index contributed by atoms with van der Waals surface area (Å²) in [5.74, 6) is 3.69. The first kappa shape index (κ1) is 26.4. The minimum Gasteiger partial charge on any atom is -0.389 e. The van der Waals surface area contributed by atoms with E-state index in [0.29, 0.717) is 36.2 Å². The van der Waals surface area contributed by atoms with Gasteiger partial charge in [-0.2, -0.15) is 4.98 Å². The van der Waals surface area contributed by atoms with Gasteiger partial charge in [0.15, 0.2) is 0 Å². The van der Waals surface area contributed by atoms with Crippen molar-refractivity contribution < 1.29 is 9.84 Å². The number of hydrogen-bond acceptors (Lipinski definition) is 10. The van der Waals surface area contributed by atoms with E-state index in [1.807, 2.05) is 28.8 Å². The summed E-state index contributed by atoms with van der Waals surface area (Å²) in [5, 5.41) is 24.5. The van der Waals surface area contributed by atoms with Gasteiger partial charge in [-0.3, -0.25) is 0 Å². The molecular weight excluding hydrogens is 506 g/mol. The summed E-state index contributed by atoms with van der Waals surface area (Å²) in [6, 6.07) is 8.73. The molecule has 3 aromatic heterocycles. The van der Waals surface area contributed by atoms with Crippen LogP contribution in [0.25, 0.3) is 10.8 Å². The molecule has 6 rings (SSSR count). The van der Waals surface area contributed by atoms with E-state index in [0.717, 1.165) is 36.5 Å². The number of aromatic nitrogens is 6. The van der Waals surface area contributed by atoms with Crippen LogP contribution >= 0.6 is 0 Å². The van der Waals surface area contributed by atoms with Gasteiger partial charge in [-0.15, -0.1) is 10.2 Å². The molecule has 2 aliphatic heterocycles. The van der Waals surface area contributed by atoms with Crippen molar-refractivity contribution in [3.05, 3.63) is 54.4 Å². The van der Waals surface area contributed by atoms with Gasteiger partial charge in [-0.25, -0.2) is 9.97 Å². The van der Waals surface area contributed by atoms with E-state index >= 15 is 0 Å². The number of piperidine rings is 1. The van der Waals surface area contributed by atoms with E-state index in [4.69, 9.17) is 14.7 Å². The van der Waals surface area contributed by atoms with Crippen molar-refractivity contribution in [3.63, 3.8) is 0 Å². The second kappa shape index (κ2) is 10.6. The van der Waals surface area contributed by atoms with E-state index in [1.165, 1.54) is 16.6 Å². The van der Waals surface area contributed by atoms with Crippen LogP contribution in [-0.2, 0) is 11.8 Å². The Morgan fingerprint density at radius 1 is 1.10 bits per heavy atom. The molecule has 2 N–H and O–H groups in total. The minimum absolute atomic E-state index is 0.156. The Morgan fingerprint density at radius 3 is 2.65 bits per heavy atom. The van der Waals surface area contributed by atoms with Crippen LogP contribution in [0.15, 0.2) is 43.0 Å². The highest BCUT2D eigenvalue weighted by molar-refractivity contribution is 5.98. The van der Waals surface area contributed by atoms with Crippen LogP contribution in [-0.4, -0.2) is 79.8 Å². The molecule has 0 radical (unpaired) electrons. The van der Waals surface area contributed by atoms with Gasteiger partial charge in [0, 0.05) is 63.3 Å². The molecule has 0 aliphatic carbocycles. The predicted molar refractivity (Wildman–Crippen MR) is 155 cm³/mol. The fraction of sp³-hybridized carbons (Fsp3) is 0.483. The molecule has 4 atom stereocenters. The molecule has 0 unspecified atom stereocenters. The zero-order chi connectivity index (χ0) is 28.0. The average molecular weight is 544 g/mol. The molecular formula is C29H37N9O2. The van der Waals surface area contributed by atoms with Crippen molar-refractivity contribution in [2.45, 2.75) is 57.3 Å². The summed E-state index contributed by atoms with van der Waals surface area (Å²) < 4.78 is 7.39. The first-order valence-electron chi connectivity index (χ1n) is 13.9. The van der Waals surface area contributed by atoms with Gasteiger partial charge in [-0.1, -0.05) is 19.9 Å². The maximum Gasteiger partial charge on any atom is 0.227 e. The van der Waals surface area contributed by atoms with Crippen LogP contribution in [0.4, 0.5) is 23.3 Å². The number of nitrogens with one attached hydrogen (secondary N) is 1. The van der Waals surface area contributed by atoms with E-state index in [2.05, 4.69) is 64.4 Å². The van der Waals surface area contributed by atoms with Gasteiger partial charge in [0.25, 0.3) is 0 Å². The Labute approximate surface area is 234 Å². The van der Waals surface area contributed by atoms with Crippen molar-refractivity contribution in [2.75, 3.05) is 41.9 Å². The van der Waals surface area contributed by atoms with Crippen molar-refractivity contribution in [1.29, 1.82) is 0 Å². The SMILES string of the molecule is CO[C@@H]1CCN(c2nccc(Nc3cc4c(C(C)C)ccc(N5C[C@H](c6nncn6C)[C@H]5C)c4cn3)n2)C[C@H]1O. The topological polar surface area (TPSA) is 117 Å². The monoisotopic (exact) mass is 543 g/mol. The van der Waals surface area contributed by atoms with E-state index in [1.54, 1.807) is 19.6 Å². The first-order chi connectivity index (χ1) is 19.3. The summed E-state index contributed by atoms with van der Waals surface area (Å²) >= 11 is 0. The number of rotatable bonds is 7. The fourth-order valence-electron chi connectivity index (χ4n) is 5.99. The molecule has 1 aromatic carbocycles. The van der Waals surface area contributed by atoms with Gasteiger partial charge < -0.3 is 29.5 Å². The zero-order valence-corrected chi connectivity index (χ0v) is 23.7. The minimum atomic E-state index is -0.574. The number of aliphatic hydroxyl groups is 1. The molecule has 5 heterocycles. The van der Waals surface area contributed by atoms with Crippen LogP contribution in [0.2, 0.25) is 0 Å². The van der Waals surface area contributed by atoms with Crippen LogP contribution in [0.3, 0.4) is 0 Å². The molecule has 2 saturated heterocycles. The number of hydrogen-bond donors (Lipinski definition) is 2. The second-order valence-corrected chi connectivity index (χ2v) is 11.2. The molecule has 0 bridgehead atoms. The number of ether oxygens (including phenoxy) is 1. The zero-order valence-electron chi connectivity index (χ0n) is 23.7. The van der Waals surface area contributed by atoms with Crippen molar-refractivity contribution in [1.82, 2.24) is 29.7 Å². The largest absolute Gasteiger partial charge is 0.389 e. The average Bonchev–Trinajstić information content (AvgIpc) is 3.37. The van der Waals surface area contributed by atoms with Gasteiger partial charge in [0.1, 0.15) is 23.8 Å². The van der Waals surface area contributed by atoms with Crippen molar-refractivity contribution >= 4 is 34.0 Å². The normalized spacial score (nSPS) is 23.1. The molecule has 210 valence electrons. The Balaban J connectivity index is 1.26. The van der Waals surface area contributed by atoms with Crippen LogP contribution in [0.1, 0.15) is 50.4 Å². The van der Waals surface area contributed by atoms with Gasteiger partial charge in [0.05, 0.1) is 18.1 Å². The molecule has 11 nitrogen and oxygen atoms in total. The van der Waals surface area contributed by atoms with E-state index in [-0.39, 0.29) is 6.10 Å². The number of nitrogens with zero attached hydrogens (tertiary/aromatic N) is 8. The molecule has 0 spiro atoms. The van der Waals surface area contributed by atoms with Gasteiger partial charge in [-0.05, 0) is 48.4 Å². The fourth-order valence-corrected chi connectivity index (χ4v) is 5.99. The third kappa shape index (κ3) is 4.73. The summed E-state index contributed by atoms with van der Waals surface area (Å²) in [6.07, 6.45) is 5.46. The summed E-state index contributed by atoms with van der Waals surface area (Å²) in [6.45, 7) is 8.73. The summed E-state index contributed by atoms with van der Waals surface area (Å²) in [5.41, 5.74) is 2.47. The van der Waals surface area contributed by atoms with E-state index < -0.39 is 6.10 Å². The highest BCUT2D eigenvalue weighted by Crippen LogP contribution is 2.42. The van der Waals surface area contributed by atoms with Crippen LogP contribution in [0, 0.1) is 0 Å². The predicted octanol–water partition coefficient (Wildman–Crippen LogP) is 3.60. The maximum atomic E-state index is 10.4. The van der Waals surface area contributed by atoms with E-state index in [9.17, 15) is 5.11 Å². The molecule has 2 aliphatic rings. The first-order valence-corrected chi connectivity index (χ1v) is 13.9. The highest BCUT2D eigenvalue weighted by Gasteiger charge is 2.40. The third-order valence-corrected chi connectivity index (χ3v) is 8.39. The molecule has 2 fully saturated rings. The van der Waals surface area contributed by atoms with Crippen LogP contribution in [0.5, 0.6) is 0 Å². The lowest BCUT2D eigenvalue weighted by molar-refractivity contribution is -0.0219. The number of benzene rings is 1. The number of β-amino-alcohol motifs (C(OH)–C–C–N with tert-alkyl or cyclic N) is 1. The maximum absolute atomic E-state index is 10.4. The Kier molecular flexibility index (Phi) is 7.01. The number of aliphatic hydroxyl groups excluding tert-OH is 1. The smallest absolute Gasteiger partial charge is 0.227 e. The molecule has 40 heavy (non-hydrogen) atoms. The van der Waals surface area contributed by atoms with Crippen LogP contribution < -0.4 is 15.1 Å². The van der Waals surface area contributed by atoms with Crippen molar-refractivity contribution in [2.24, 2.45) is 7.05 Å². The lowest BCUT2D eigenvalue weighted by Crippen LogP contribution is -2.54. The number of anilines is 4. The Bertz CT molecular complexity index is 1510. The Morgan fingerprint density at radius 2 is 1.95 bits per heavy atom. The molecule has 4 aromatic rings. The van der Waals surface area contributed by atoms with Gasteiger partial charge in [0.2, 0.25) is 5.95 Å². The quantitative estimate of drug-likeness (QED) is 0.358. The molecule has 0 amide bonds. The summed E-state index contributed by atoms with van der Waals surface area (Å²) in [7, 11) is 3.64. The molecule has 0 saturated carbocycles. The lowest BCUT2D eigenvalue weighted by Gasteiger charge is -2.47. The van der Waals surface area contributed by atoms with Crippen molar-refractivity contribution in [3.8, 4) is 0 Å². The number of aryl methyl sites for hydroxylation is 1. The second-order valence-electron chi connectivity index (χ2n) is 11.2.